The fourth-order valence-corrected chi connectivity index (χ4v) is 11.1. The normalized spacial score (nSPS) is 13.5. The van der Waals surface area contributed by atoms with Crippen molar-refractivity contribution in [3.05, 3.63) is 193 Å². The van der Waals surface area contributed by atoms with Crippen LogP contribution in [0.5, 0.6) is 0 Å². The Balaban J connectivity index is 1.24. The van der Waals surface area contributed by atoms with E-state index < -0.39 is 0 Å². The summed E-state index contributed by atoms with van der Waals surface area (Å²) in [6.45, 7) is 21.0. The number of hydrogen-bond acceptors (Lipinski definition) is 1. The van der Waals surface area contributed by atoms with Crippen LogP contribution in [0.2, 0.25) is 0 Å². The molecule has 0 aliphatic carbocycles. The highest BCUT2D eigenvalue weighted by Gasteiger charge is 2.45. The molecule has 66 heavy (non-hydrogen) atoms. The summed E-state index contributed by atoms with van der Waals surface area (Å²) in [4.78, 5) is 2.56. The van der Waals surface area contributed by atoms with E-state index in [2.05, 4.69) is 252 Å². The van der Waals surface area contributed by atoms with Gasteiger partial charge in [0.2, 0.25) is 0 Å². The average Bonchev–Trinajstić information content (AvgIpc) is 3.83. The second kappa shape index (κ2) is 14.2. The zero-order chi connectivity index (χ0) is 45.4. The first-order valence-corrected chi connectivity index (χ1v) is 23.7. The molecule has 0 spiro atoms. The minimum Gasteiger partial charge on any atom is -0.375 e. The Labute approximate surface area is 390 Å². The number of anilines is 3. The van der Waals surface area contributed by atoms with Crippen LogP contribution < -0.4 is 15.8 Å². The molecular formula is C62H56BN3. The Morgan fingerprint density at radius 2 is 1.02 bits per heavy atom. The van der Waals surface area contributed by atoms with E-state index in [4.69, 9.17) is 0 Å². The zero-order valence-corrected chi connectivity index (χ0v) is 39.7. The summed E-state index contributed by atoms with van der Waals surface area (Å²) in [5.74, 6) is 0. The van der Waals surface area contributed by atoms with Gasteiger partial charge in [0, 0.05) is 61.2 Å². The largest absolute Gasteiger partial charge is 0.375 e. The SMILES string of the molecule is CC(C)(C)c1ccc(N2c3ccccc3B3c4c(cc(C(C)(C)C)cc42)-c2cc(C(C)(C)C)cc4c(-c5ccc6c7ccccc7n(-c7ccccc7)c6c5)c(-c5ccccc5)n3c24)cc1. The van der Waals surface area contributed by atoms with E-state index in [1.54, 1.807) is 0 Å². The standard InChI is InChI=1S/C62H56BN3/c1-60(2,3)41-29-31-45(32-30-41)65-53-27-19-17-25-51(53)63-57-48(35-43(38-55(57)65)62(7,8)9)49-36-42(61(4,5)6)37-50-56(58(66(63)59(49)50)39-20-12-10-13-21-39)40-28-33-47-46-24-16-18-26-52(46)64(54(47)34-40)44-22-14-11-15-23-44/h10-38H,1-9H3. The van der Waals surface area contributed by atoms with Crippen LogP contribution in [0, 0.1) is 0 Å². The third kappa shape index (κ3) is 6.03. The Morgan fingerprint density at radius 3 is 1.73 bits per heavy atom. The third-order valence-corrected chi connectivity index (χ3v) is 14.5. The monoisotopic (exact) mass is 853 g/mol. The van der Waals surface area contributed by atoms with Gasteiger partial charge in [0.25, 0.3) is 0 Å². The summed E-state index contributed by atoms with van der Waals surface area (Å²) in [5, 5.41) is 3.81. The fraction of sp³-hybridized carbons (Fsp3) is 0.194. The molecule has 0 amide bonds. The van der Waals surface area contributed by atoms with Crippen molar-refractivity contribution in [3.63, 3.8) is 0 Å². The lowest BCUT2D eigenvalue weighted by atomic mass is 9.44. The highest BCUT2D eigenvalue weighted by Crippen LogP contribution is 2.52. The van der Waals surface area contributed by atoms with E-state index in [9.17, 15) is 0 Å². The number of para-hydroxylation sites is 3. The Kier molecular flexibility index (Phi) is 8.73. The van der Waals surface area contributed by atoms with Gasteiger partial charge in [0.05, 0.1) is 11.0 Å². The van der Waals surface area contributed by atoms with E-state index in [1.807, 2.05) is 0 Å². The zero-order valence-electron chi connectivity index (χ0n) is 39.7. The molecule has 0 bridgehead atoms. The molecular weight excluding hydrogens is 798 g/mol. The summed E-state index contributed by atoms with van der Waals surface area (Å²) in [5.41, 5.74) is 22.7. The molecule has 8 aromatic carbocycles. The van der Waals surface area contributed by atoms with Gasteiger partial charge >= 0.3 is 6.85 Å². The number of hydrogen-bond donors (Lipinski definition) is 0. The molecule has 0 unspecified atom stereocenters. The van der Waals surface area contributed by atoms with Gasteiger partial charge in [-0.05, 0) is 121 Å². The van der Waals surface area contributed by atoms with Gasteiger partial charge in [-0.15, -0.1) is 0 Å². The summed E-state index contributed by atoms with van der Waals surface area (Å²) in [6.07, 6.45) is 0. The van der Waals surface area contributed by atoms with Crippen molar-refractivity contribution in [2.24, 2.45) is 0 Å². The van der Waals surface area contributed by atoms with Crippen LogP contribution in [0.1, 0.15) is 79.0 Å². The summed E-state index contributed by atoms with van der Waals surface area (Å²) >= 11 is 0. The van der Waals surface area contributed by atoms with Crippen molar-refractivity contribution in [1.29, 1.82) is 0 Å². The molecule has 2 aliphatic rings. The van der Waals surface area contributed by atoms with Crippen LogP contribution in [0.15, 0.2) is 176 Å². The van der Waals surface area contributed by atoms with Gasteiger partial charge < -0.3 is 13.9 Å². The molecule has 0 saturated heterocycles. The summed E-state index contributed by atoms with van der Waals surface area (Å²) in [6, 6.07) is 66.8. The van der Waals surface area contributed by atoms with Gasteiger partial charge in [-0.25, -0.2) is 0 Å². The number of fused-ring (bicyclic) bond motifs is 7. The Bertz CT molecular complexity index is 3570. The van der Waals surface area contributed by atoms with Crippen LogP contribution in [-0.2, 0) is 16.2 Å². The summed E-state index contributed by atoms with van der Waals surface area (Å²) in [7, 11) is 0. The number of rotatable bonds is 4. The van der Waals surface area contributed by atoms with E-state index in [0.29, 0.717) is 0 Å². The molecule has 4 heterocycles. The molecule has 4 heteroatoms. The van der Waals surface area contributed by atoms with Gasteiger partial charge in [-0.1, -0.05) is 178 Å². The van der Waals surface area contributed by atoms with Crippen molar-refractivity contribution in [3.8, 4) is 39.2 Å². The van der Waals surface area contributed by atoms with Crippen LogP contribution in [0.25, 0.3) is 71.9 Å². The van der Waals surface area contributed by atoms with Crippen LogP contribution in [0.3, 0.4) is 0 Å². The topological polar surface area (TPSA) is 13.1 Å². The number of benzene rings is 8. The van der Waals surface area contributed by atoms with Crippen LogP contribution >= 0.6 is 0 Å². The van der Waals surface area contributed by atoms with Crippen molar-refractivity contribution < 1.29 is 0 Å². The highest BCUT2D eigenvalue weighted by molar-refractivity contribution is 6.89. The smallest absolute Gasteiger partial charge is 0.333 e. The first-order valence-electron chi connectivity index (χ1n) is 23.7. The second-order valence-electron chi connectivity index (χ2n) is 21.8. The fourth-order valence-electron chi connectivity index (χ4n) is 11.1. The van der Waals surface area contributed by atoms with E-state index in [-0.39, 0.29) is 23.1 Å². The van der Waals surface area contributed by atoms with E-state index in [0.717, 1.165) is 5.69 Å². The molecule has 12 rings (SSSR count). The maximum absolute atomic E-state index is 2.75. The summed E-state index contributed by atoms with van der Waals surface area (Å²) < 4.78 is 5.20. The van der Waals surface area contributed by atoms with Crippen molar-refractivity contribution in [1.82, 2.24) is 9.05 Å². The van der Waals surface area contributed by atoms with E-state index in [1.165, 1.54) is 111 Å². The molecule has 3 nitrogen and oxygen atoms in total. The van der Waals surface area contributed by atoms with Gasteiger partial charge in [0.1, 0.15) is 0 Å². The Morgan fingerprint density at radius 1 is 0.409 bits per heavy atom. The maximum atomic E-state index is 2.75. The lowest BCUT2D eigenvalue weighted by molar-refractivity contribution is 0.589. The van der Waals surface area contributed by atoms with Crippen molar-refractivity contribution >= 4 is 67.5 Å². The van der Waals surface area contributed by atoms with Crippen molar-refractivity contribution in [2.75, 3.05) is 4.90 Å². The third-order valence-electron chi connectivity index (χ3n) is 14.5. The van der Waals surface area contributed by atoms with E-state index >= 15 is 0 Å². The number of nitrogens with zero attached hydrogens (tertiary/aromatic N) is 3. The highest BCUT2D eigenvalue weighted by atomic mass is 15.2. The average molecular weight is 854 g/mol. The predicted molar refractivity (Wildman–Crippen MR) is 284 cm³/mol. The first kappa shape index (κ1) is 40.5. The van der Waals surface area contributed by atoms with Crippen molar-refractivity contribution in [2.45, 2.75) is 78.6 Å². The molecule has 0 saturated carbocycles. The van der Waals surface area contributed by atoms with Crippen LogP contribution in [-0.4, -0.2) is 15.9 Å². The van der Waals surface area contributed by atoms with Gasteiger partial charge in [-0.2, -0.15) is 0 Å². The lowest BCUT2D eigenvalue weighted by Gasteiger charge is -2.42. The minimum absolute atomic E-state index is 0.0528. The minimum atomic E-state index is -0.105. The maximum Gasteiger partial charge on any atom is 0.333 e. The molecule has 0 fully saturated rings. The molecule has 322 valence electrons. The molecule has 2 aromatic heterocycles. The second-order valence-corrected chi connectivity index (χ2v) is 21.8. The quantitative estimate of drug-likeness (QED) is 0.161. The molecule has 10 aromatic rings. The molecule has 2 aliphatic heterocycles. The first-order chi connectivity index (χ1) is 31.7. The lowest BCUT2D eigenvalue weighted by Crippen LogP contribution is -2.57. The van der Waals surface area contributed by atoms with Gasteiger partial charge in [-0.3, -0.25) is 0 Å². The number of aromatic nitrogens is 2. The molecule has 0 N–H and O–H groups in total. The molecule has 0 radical (unpaired) electrons. The van der Waals surface area contributed by atoms with Crippen LogP contribution in [0.4, 0.5) is 17.1 Å². The van der Waals surface area contributed by atoms with Gasteiger partial charge in [0.15, 0.2) is 0 Å². The molecule has 0 atom stereocenters. The Hall–Kier alpha value is -7.04. The predicted octanol–water partition coefficient (Wildman–Crippen LogP) is 15.4.